The van der Waals surface area contributed by atoms with Crippen LogP contribution >= 0.6 is 23.2 Å². The Balaban J connectivity index is 1.86. The molecule has 0 atom stereocenters. The number of amides is 1. The summed E-state index contributed by atoms with van der Waals surface area (Å²) in [5.41, 5.74) is -0.724. The summed E-state index contributed by atoms with van der Waals surface area (Å²) in [4.78, 5) is 17.1. The summed E-state index contributed by atoms with van der Waals surface area (Å²) in [6.45, 7) is 1.74. The van der Waals surface area contributed by atoms with Crippen molar-refractivity contribution in [2.75, 3.05) is 19.5 Å². The van der Waals surface area contributed by atoms with Gasteiger partial charge in [-0.3, -0.25) is 4.79 Å². The van der Waals surface area contributed by atoms with Gasteiger partial charge in [-0.2, -0.15) is 18.3 Å². The van der Waals surface area contributed by atoms with E-state index < -0.39 is 23.5 Å². The van der Waals surface area contributed by atoms with Crippen LogP contribution in [0.15, 0.2) is 42.5 Å². The zero-order chi connectivity index (χ0) is 25.5. The SMILES string of the molecule is COc1ccc(-c2cc(C(F)(F)F)n3nc(C(=O)Nc4cccc(C)c4Cl)c(Cl)c3n2)cc1OC. The first kappa shape index (κ1) is 24.6. The Bertz CT molecular complexity index is 1450. The standard InChI is InChI=1S/C23H17Cl2F3N4O3/c1-11-5-4-6-13(18(11)24)30-22(33)20-19(25)21-29-14(10-17(23(26,27)28)32(21)31-20)12-7-8-15(34-2)16(9-12)35-3/h4-10H,1-3H3,(H,30,33). The number of hydrogen-bond acceptors (Lipinski definition) is 5. The summed E-state index contributed by atoms with van der Waals surface area (Å²) in [5.74, 6) is -0.145. The fourth-order valence-corrected chi connectivity index (χ4v) is 3.83. The highest BCUT2D eigenvalue weighted by molar-refractivity contribution is 6.38. The Morgan fingerprint density at radius 3 is 2.40 bits per heavy atom. The van der Waals surface area contributed by atoms with Crippen molar-refractivity contribution >= 4 is 40.4 Å². The van der Waals surface area contributed by atoms with Crippen LogP contribution in [0.2, 0.25) is 10.0 Å². The van der Waals surface area contributed by atoms with Gasteiger partial charge in [0, 0.05) is 5.56 Å². The van der Waals surface area contributed by atoms with Crippen LogP contribution in [-0.2, 0) is 6.18 Å². The molecule has 2 aromatic heterocycles. The smallest absolute Gasteiger partial charge is 0.433 e. The highest BCUT2D eigenvalue weighted by Crippen LogP contribution is 2.37. The largest absolute Gasteiger partial charge is 0.493 e. The number of benzene rings is 2. The van der Waals surface area contributed by atoms with Gasteiger partial charge in [-0.25, -0.2) is 9.50 Å². The van der Waals surface area contributed by atoms with Gasteiger partial charge in [0.15, 0.2) is 28.5 Å². The van der Waals surface area contributed by atoms with Gasteiger partial charge in [-0.1, -0.05) is 35.3 Å². The predicted octanol–water partition coefficient (Wildman–Crippen LogP) is 6.30. The molecule has 12 heteroatoms. The first-order chi connectivity index (χ1) is 16.5. The molecule has 0 radical (unpaired) electrons. The second kappa shape index (κ2) is 9.27. The van der Waals surface area contributed by atoms with Crippen LogP contribution in [0.1, 0.15) is 21.7 Å². The second-order valence-electron chi connectivity index (χ2n) is 7.38. The molecule has 4 aromatic rings. The van der Waals surface area contributed by atoms with E-state index in [1.807, 2.05) is 0 Å². The molecule has 0 saturated carbocycles. The number of nitrogens with zero attached hydrogens (tertiary/aromatic N) is 3. The van der Waals surface area contributed by atoms with Gasteiger partial charge in [-0.05, 0) is 42.8 Å². The van der Waals surface area contributed by atoms with Gasteiger partial charge in [-0.15, -0.1) is 0 Å². The van der Waals surface area contributed by atoms with Gasteiger partial charge in [0.2, 0.25) is 0 Å². The fourth-order valence-electron chi connectivity index (χ4n) is 3.41. The Morgan fingerprint density at radius 2 is 1.74 bits per heavy atom. The molecule has 0 aliphatic carbocycles. The van der Waals surface area contributed by atoms with E-state index in [4.69, 9.17) is 32.7 Å². The van der Waals surface area contributed by atoms with Gasteiger partial charge < -0.3 is 14.8 Å². The number of anilines is 1. The summed E-state index contributed by atoms with van der Waals surface area (Å²) in [6.07, 6.45) is -4.82. The molecular weight excluding hydrogens is 508 g/mol. The molecule has 0 saturated heterocycles. The van der Waals surface area contributed by atoms with Crippen molar-refractivity contribution in [3.05, 3.63) is 69.5 Å². The molecule has 0 aliphatic rings. The van der Waals surface area contributed by atoms with Crippen LogP contribution in [0, 0.1) is 6.92 Å². The maximum absolute atomic E-state index is 14.0. The molecule has 0 aliphatic heterocycles. The molecule has 2 heterocycles. The summed E-state index contributed by atoms with van der Waals surface area (Å²) < 4.78 is 52.8. The highest BCUT2D eigenvalue weighted by atomic mass is 35.5. The minimum Gasteiger partial charge on any atom is -0.493 e. The lowest BCUT2D eigenvalue weighted by Crippen LogP contribution is -2.16. The number of aryl methyl sites for hydroxylation is 1. The minimum atomic E-state index is -4.82. The summed E-state index contributed by atoms with van der Waals surface area (Å²) >= 11 is 12.5. The third-order valence-electron chi connectivity index (χ3n) is 5.16. The van der Waals surface area contributed by atoms with Gasteiger partial charge >= 0.3 is 6.18 Å². The third kappa shape index (κ3) is 4.59. The quantitative estimate of drug-likeness (QED) is 0.331. The Kier molecular flexibility index (Phi) is 6.52. The lowest BCUT2D eigenvalue weighted by Gasteiger charge is -2.12. The monoisotopic (exact) mass is 524 g/mol. The average Bonchev–Trinajstić information content (AvgIpc) is 3.16. The van der Waals surface area contributed by atoms with Crippen molar-refractivity contribution in [1.29, 1.82) is 0 Å². The van der Waals surface area contributed by atoms with Crippen molar-refractivity contribution < 1.29 is 27.4 Å². The van der Waals surface area contributed by atoms with Crippen LogP contribution in [0.4, 0.5) is 18.9 Å². The van der Waals surface area contributed by atoms with Gasteiger partial charge in [0.25, 0.3) is 5.91 Å². The number of methoxy groups -OCH3 is 2. The van der Waals surface area contributed by atoms with Crippen molar-refractivity contribution in [3.63, 3.8) is 0 Å². The van der Waals surface area contributed by atoms with Gasteiger partial charge in [0.1, 0.15) is 5.02 Å². The Hall–Kier alpha value is -3.50. The second-order valence-corrected chi connectivity index (χ2v) is 8.14. The maximum Gasteiger partial charge on any atom is 0.433 e. The summed E-state index contributed by atoms with van der Waals surface area (Å²) in [5, 5.41) is 6.29. The van der Waals surface area contributed by atoms with E-state index in [-0.39, 0.29) is 27.1 Å². The van der Waals surface area contributed by atoms with Crippen molar-refractivity contribution in [3.8, 4) is 22.8 Å². The molecule has 7 nitrogen and oxygen atoms in total. The number of nitrogens with one attached hydrogen (secondary N) is 1. The van der Waals surface area contributed by atoms with E-state index in [0.29, 0.717) is 27.1 Å². The van der Waals surface area contributed by atoms with E-state index in [1.165, 1.54) is 32.4 Å². The molecule has 4 rings (SSSR count). The van der Waals surface area contributed by atoms with E-state index in [0.717, 1.165) is 6.07 Å². The number of rotatable bonds is 5. The molecule has 1 N–H and O–H groups in total. The molecule has 1 amide bonds. The van der Waals surface area contributed by atoms with Crippen LogP contribution in [-0.4, -0.2) is 34.7 Å². The van der Waals surface area contributed by atoms with Crippen molar-refractivity contribution in [1.82, 2.24) is 14.6 Å². The summed E-state index contributed by atoms with van der Waals surface area (Å²) in [7, 11) is 2.84. The van der Waals surface area contributed by atoms with Crippen LogP contribution in [0.25, 0.3) is 16.9 Å². The van der Waals surface area contributed by atoms with E-state index in [2.05, 4.69) is 15.4 Å². The summed E-state index contributed by atoms with van der Waals surface area (Å²) in [6, 6.07) is 10.3. The third-order valence-corrected chi connectivity index (χ3v) is 6.01. The number of halogens is 5. The number of fused-ring (bicyclic) bond motifs is 1. The number of carbonyl (C=O) groups is 1. The van der Waals surface area contributed by atoms with Gasteiger partial charge in [0.05, 0.1) is 30.6 Å². The molecular formula is C23H17Cl2F3N4O3. The zero-order valence-corrected chi connectivity index (χ0v) is 20.0. The average molecular weight is 525 g/mol. The number of hydrogen-bond donors (Lipinski definition) is 1. The molecule has 0 fully saturated rings. The lowest BCUT2D eigenvalue weighted by atomic mass is 10.1. The lowest BCUT2D eigenvalue weighted by molar-refractivity contribution is -0.142. The zero-order valence-electron chi connectivity index (χ0n) is 18.5. The minimum absolute atomic E-state index is 0.0544. The fraction of sp³-hybridized carbons (Fsp3) is 0.174. The molecule has 182 valence electrons. The van der Waals surface area contributed by atoms with E-state index in [1.54, 1.807) is 25.1 Å². The number of carbonyl (C=O) groups excluding carboxylic acids is 1. The number of alkyl halides is 3. The van der Waals surface area contributed by atoms with Crippen LogP contribution in [0.5, 0.6) is 11.5 Å². The normalized spacial score (nSPS) is 11.5. The molecule has 0 unspecified atom stereocenters. The number of aromatic nitrogens is 3. The predicted molar refractivity (Wildman–Crippen MR) is 126 cm³/mol. The highest BCUT2D eigenvalue weighted by Gasteiger charge is 2.37. The topological polar surface area (TPSA) is 77.8 Å². The van der Waals surface area contributed by atoms with Crippen LogP contribution in [0.3, 0.4) is 0 Å². The van der Waals surface area contributed by atoms with E-state index >= 15 is 0 Å². The van der Waals surface area contributed by atoms with E-state index in [9.17, 15) is 18.0 Å². The first-order valence-corrected chi connectivity index (χ1v) is 10.8. The van der Waals surface area contributed by atoms with Crippen LogP contribution < -0.4 is 14.8 Å². The molecule has 0 spiro atoms. The Morgan fingerprint density at radius 1 is 1.03 bits per heavy atom. The molecule has 0 bridgehead atoms. The Labute approximate surface area is 207 Å². The number of ether oxygens (including phenoxy) is 2. The van der Waals surface area contributed by atoms with Crippen molar-refractivity contribution in [2.24, 2.45) is 0 Å². The molecule has 2 aromatic carbocycles. The molecule has 35 heavy (non-hydrogen) atoms. The first-order valence-electron chi connectivity index (χ1n) is 10.0. The van der Waals surface area contributed by atoms with Crippen molar-refractivity contribution in [2.45, 2.75) is 13.1 Å². The maximum atomic E-state index is 14.0.